The number of ether oxygens (including phenoxy) is 1. The van der Waals surface area contributed by atoms with Gasteiger partial charge in [-0.05, 0) is 31.4 Å². The molecule has 1 saturated heterocycles. The third-order valence-corrected chi connectivity index (χ3v) is 6.20. The largest absolute Gasteiger partial charge is 0.450 e. The molecular formula is C17H22N2O4S. The number of carbonyl (C=O) groups is 1. The molecule has 1 aromatic heterocycles. The van der Waals surface area contributed by atoms with E-state index in [4.69, 9.17) is 4.74 Å². The maximum absolute atomic E-state index is 12.3. The number of fused-ring (bicyclic) bond motifs is 1. The Labute approximate surface area is 141 Å². The third kappa shape index (κ3) is 3.56. The van der Waals surface area contributed by atoms with Crippen molar-refractivity contribution in [3.63, 3.8) is 0 Å². The topological polar surface area (TPSA) is 79.5 Å². The maximum Gasteiger partial charge on any atom is 0.410 e. The van der Waals surface area contributed by atoms with Gasteiger partial charge in [0.15, 0.2) is 9.84 Å². The maximum atomic E-state index is 12.3. The van der Waals surface area contributed by atoms with Crippen LogP contribution in [0.1, 0.15) is 18.9 Å². The highest BCUT2D eigenvalue weighted by Gasteiger charge is 2.35. The molecule has 0 radical (unpaired) electrons. The van der Waals surface area contributed by atoms with Gasteiger partial charge in [-0.3, -0.25) is 0 Å². The van der Waals surface area contributed by atoms with Crippen molar-refractivity contribution < 1.29 is 17.9 Å². The second-order valence-corrected chi connectivity index (χ2v) is 8.29. The average Bonchev–Trinajstić information content (AvgIpc) is 3.11. The fraction of sp³-hybridized carbons (Fsp3) is 0.471. The van der Waals surface area contributed by atoms with Gasteiger partial charge in [0.25, 0.3) is 0 Å². The third-order valence-electron chi connectivity index (χ3n) is 4.45. The van der Waals surface area contributed by atoms with Gasteiger partial charge in [0.05, 0.1) is 18.1 Å². The Morgan fingerprint density at radius 2 is 2.17 bits per heavy atom. The molecule has 130 valence electrons. The van der Waals surface area contributed by atoms with Gasteiger partial charge < -0.3 is 14.6 Å². The molecule has 6 nitrogen and oxygen atoms in total. The molecule has 1 fully saturated rings. The molecular weight excluding hydrogens is 328 g/mol. The van der Waals surface area contributed by atoms with E-state index in [2.05, 4.69) is 4.98 Å². The number of hydrogen-bond donors (Lipinski definition) is 1. The molecule has 1 aliphatic heterocycles. The lowest BCUT2D eigenvalue weighted by molar-refractivity contribution is 0.0946. The number of hydrogen-bond acceptors (Lipinski definition) is 4. The molecule has 1 unspecified atom stereocenters. The number of H-pyrrole nitrogens is 1. The Morgan fingerprint density at radius 3 is 2.88 bits per heavy atom. The van der Waals surface area contributed by atoms with E-state index in [1.165, 1.54) is 0 Å². The SMILES string of the molecule is CCOC(=O)N(CCc1c[nH]c2ccccc12)C1CCS(=O)(=O)C1. The molecule has 7 heteroatoms. The normalized spacial score (nSPS) is 19.5. The number of amides is 1. The quantitative estimate of drug-likeness (QED) is 0.898. The molecule has 1 aliphatic rings. The second-order valence-electron chi connectivity index (χ2n) is 6.06. The molecule has 24 heavy (non-hydrogen) atoms. The zero-order valence-corrected chi connectivity index (χ0v) is 14.5. The lowest BCUT2D eigenvalue weighted by Gasteiger charge is -2.27. The number of nitrogens with one attached hydrogen (secondary N) is 1. The number of aromatic nitrogens is 1. The van der Waals surface area contributed by atoms with Gasteiger partial charge in [-0.1, -0.05) is 18.2 Å². The van der Waals surface area contributed by atoms with E-state index in [0.29, 0.717) is 19.4 Å². The van der Waals surface area contributed by atoms with E-state index in [0.717, 1.165) is 16.5 Å². The van der Waals surface area contributed by atoms with Crippen LogP contribution in [0.3, 0.4) is 0 Å². The number of aromatic amines is 1. The molecule has 1 amide bonds. The predicted molar refractivity (Wildman–Crippen MR) is 92.8 cm³/mol. The number of rotatable bonds is 5. The zero-order valence-electron chi connectivity index (χ0n) is 13.7. The number of carbonyl (C=O) groups excluding carboxylic acids is 1. The number of benzene rings is 1. The fourth-order valence-electron chi connectivity index (χ4n) is 3.23. The van der Waals surface area contributed by atoms with E-state index in [-0.39, 0.29) is 24.2 Å². The van der Waals surface area contributed by atoms with Crippen molar-refractivity contribution >= 4 is 26.8 Å². The van der Waals surface area contributed by atoms with Crippen molar-refractivity contribution in [2.75, 3.05) is 24.7 Å². The molecule has 0 aliphatic carbocycles. The minimum absolute atomic E-state index is 0.0275. The summed E-state index contributed by atoms with van der Waals surface area (Å²) in [6, 6.07) is 7.70. The Bertz CT molecular complexity index is 828. The van der Waals surface area contributed by atoms with Crippen molar-refractivity contribution in [2.24, 2.45) is 0 Å². The molecule has 0 saturated carbocycles. The first-order valence-electron chi connectivity index (χ1n) is 8.19. The van der Waals surface area contributed by atoms with Crippen LogP contribution in [-0.2, 0) is 21.0 Å². The monoisotopic (exact) mass is 350 g/mol. The molecule has 2 aromatic rings. The standard InChI is InChI=1S/C17H22N2O4S/c1-2-23-17(20)19(14-8-10-24(21,22)12-14)9-7-13-11-18-16-6-4-3-5-15(13)16/h3-6,11,14,18H,2,7-10,12H2,1H3. The van der Waals surface area contributed by atoms with Crippen LogP contribution in [0.15, 0.2) is 30.5 Å². The van der Waals surface area contributed by atoms with Crippen molar-refractivity contribution in [1.82, 2.24) is 9.88 Å². The van der Waals surface area contributed by atoms with Gasteiger partial charge in [-0.25, -0.2) is 13.2 Å². The minimum atomic E-state index is -3.05. The van der Waals surface area contributed by atoms with E-state index in [9.17, 15) is 13.2 Å². The summed E-state index contributed by atoms with van der Waals surface area (Å²) in [5, 5.41) is 1.13. The lowest BCUT2D eigenvalue weighted by Crippen LogP contribution is -2.42. The Morgan fingerprint density at radius 1 is 1.38 bits per heavy atom. The van der Waals surface area contributed by atoms with Crippen LogP contribution >= 0.6 is 0 Å². The van der Waals surface area contributed by atoms with Crippen LogP contribution in [0.4, 0.5) is 4.79 Å². The Hall–Kier alpha value is -2.02. The molecule has 2 heterocycles. The van der Waals surface area contributed by atoms with Gasteiger partial charge >= 0.3 is 6.09 Å². The summed E-state index contributed by atoms with van der Waals surface area (Å²) < 4.78 is 28.6. The van der Waals surface area contributed by atoms with E-state index in [1.54, 1.807) is 11.8 Å². The highest BCUT2D eigenvalue weighted by Crippen LogP contribution is 2.22. The van der Waals surface area contributed by atoms with Crippen LogP contribution in [0.5, 0.6) is 0 Å². The second kappa shape index (κ2) is 6.84. The summed E-state index contributed by atoms with van der Waals surface area (Å²) in [6.07, 6.45) is 2.65. The van der Waals surface area contributed by atoms with Crippen LogP contribution in [0.25, 0.3) is 10.9 Å². The number of nitrogens with zero attached hydrogens (tertiary/aromatic N) is 1. The smallest absolute Gasteiger partial charge is 0.410 e. The van der Waals surface area contributed by atoms with Crippen molar-refractivity contribution in [1.29, 1.82) is 0 Å². The van der Waals surface area contributed by atoms with Crippen molar-refractivity contribution in [2.45, 2.75) is 25.8 Å². The number of para-hydroxylation sites is 1. The molecule has 3 rings (SSSR count). The summed E-state index contributed by atoms with van der Waals surface area (Å²) in [6.45, 7) is 2.48. The Kier molecular flexibility index (Phi) is 4.80. The fourth-order valence-corrected chi connectivity index (χ4v) is 4.96. The summed E-state index contributed by atoms with van der Waals surface area (Å²) in [4.78, 5) is 17.1. The lowest BCUT2D eigenvalue weighted by atomic mass is 10.1. The van der Waals surface area contributed by atoms with Gasteiger partial charge in [0, 0.05) is 29.7 Å². The number of sulfone groups is 1. The first kappa shape index (κ1) is 16.8. The first-order valence-corrected chi connectivity index (χ1v) is 10.0. The Balaban J connectivity index is 1.75. The zero-order chi connectivity index (χ0) is 17.2. The van der Waals surface area contributed by atoms with E-state index in [1.807, 2.05) is 30.5 Å². The van der Waals surface area contributed by atoms with Crippen LogP contribution in [0.2, 0.25) is 0 Å². The van der Waals surface area contributed by atoms with E-state index < -0.39 is 15.9 Å². The van der Waals surface area contributed by atoms with Gasteiger partial charge in [0.2, 0.25) is 0 Å². The molecule has 0 spiro atoms. The average molecular weight is 350 g/mol. The first-order chi connectivity index (χ1) is 11.5. The van der Waals surface area contributed by atoms with Gasteiger partial charge in [0.1, 0.15) is 0 Å². The van der Waals surface area contributed by atoms with E-state index >= 15 is 0 Å². The highest BCUT2D eigenvalue weighted by molar-refractivity contribution is 7.91. The van der Waals surface area contributed by atoms with Crippen LogP contribution in [0, 0.1) is 0 Å². The highest BCUT2D eigenvalue weighted by atomic mass is 32.2. The molecule has 1 atom stereocenters. The van der Waals surface area contributed by atoms with Crippen molar-refractivity contribution in [3.05, 3.63) is 36.0 Å². The van der Waals surface area contributed by atoms with Crippen LogP contribution in [-0.4, -0.2) is 55.1 Å². The minimum Gasteiger partial charge on any atom is -0.450 e. The summed E-state index contributed by atoms with van der Waals surface area (Å²) in [5.74, 6) is 0.167. The summed E-state index contributed by atoms with van der Waals surface area (Å²) >= 11 is 0. The van der Waals surface area contributed by atoms with Crippen LogP contribution < -0.4 is 0 Å². The predicted octanol–water partition coefficient (Wildman–Crippen LogP) is 2.36. The van der Waals surface area contributed by atoms with Crippen molar-refractivity contribution in [3.8, 4) is 0 Å². The summed E-state index contributed by atoms with van der Waals surface area (Å²) in [7, 11) is -3.05. The molecule has 1 aromatic carbocycles. The molecule has 1 N–H and O–H groups in total. The van der Waals surface area contributed by atoms with Gasteiger partial charge in [-0.2, -0.15) is 0 Å². The van der Waals surface area contributed by atoms with Gasteiger partial charge in [-0.15, -0.1) is 0 Å². The molecule has 0 bridgehead atoms. The summed E-state index contributed by atoms with van der Waals surface area (Å²) in [5.41, 5.74) is 2.17.